The molecule has 1 unspecified atom stereocenters. The summed E-state index contributed by atoms with van der Waals surface area (Å²) in [4.78, 5) is 16.3. The molecule has 0 saturated carbocycles. The Morgan fingerprint density at radius 1 is 0.931 bits per heavy atom. The van der Waals surface area contributed by atoms with Crippen LogP contribution in [0.1, 0.15) is 18.9 Å². The summed E-state index contributed by atoms with van der Waals surface area (Å²) in [7, 11) is 7.66. The summed E-state index contributed by atoms with van der Waals surface area (Å²) in [6, 6.07) is 20.9. The van der Waals surface area contributed by atoms with Gasteiger partial charge >= 0.3 is 0 Å². The lowest BCUT2D eigenvalue weighted by atomic mass is 9.96. The number of amides is 1. The number of likely N-dealkylation sites (N-methyl/N-ethyl adjacent to an activating group) is 1. The van der Waals surface area contributed by atoms with Gasteiger partial charge in [0.15, 0.2) is 6.10 Å². The van der Waals surface area contributed by atoms with E-state index in [0.717, 1.165) is 34.2 Å². The van der Waals surface area contributed by atoms with E-state index in [0.29, 0.717) is 6.42 Å². The molecule has 1 amide bonds. The first-order chi connectivity index (χ1) is 13.9. The van der Waals surface area contributed by atoms with Gasteiger partial charge in [-0.1, -0.05) is 61.5 Å². The zero-order valence-corrected chi connectivity index (χ0v) is 18.0. The van der Waals surface area contributed by atoms with Crippen molar-refractivity contribution in [2.45, 2.75) is 26.0 Å². The molecule has 0 radical (unpaired) electrons. The molecule has 3 aromatic rings. The lowest BCUT2D eigenvalue weighted by molar-refractivity contribution is -0.136. The van der Waals surface area contributed by atoms with Gasteiger partial charge < -0.3 is 14.5 Å². The highest BCUT2D eigenvalue weighted by molar-refractivity contribution is 6.00. The van der Waals surface area contributed by atoms with Gasteiger partial charge in [0.1, 0.15) is 5.75 Å². The molecule has 0 fully saturated rings. The number of ether oxygens (including phenoxy) is 1. The van der Waals surface area contributed by atoms with Gasteiger partial charge in [0.25, 0.3) is 5.91 Å². The molecule has 0 bridgehead atoms. The van der Waals surface area contributed by atoms with Gasteiger partial charge in [-0.15, -0.1) is 0 Å². The second-order valence-electron chi connectivity index (χ2n) is 7.84. The SMILES string of the molecule is CCC(Oc1ccc2ccccc2c1-c1ccc(CN(C)C)cc1)C(=O)N(C)C. The van der Waals surface area contributed by atoms with Crippen molar-refractivity contribution in [2.75, 3.05) is 28.2 Å². The first kappa shape index (κ1) is 20.9. The third kappa shape index (κ3) is 4.77. The van der Waals surface area contributed by atoms with Gasteiger partial charge in [-0.25, -0.2) is 0 Å². The van der Waals surface area contributed by atoms with Crippen molar-refractivity contribution >= 4 is 16.7 Å². The Morgan fingerprint density at radius 3 is 2.24 bits per heavy atom. The fourth-order valence-corrected chi connectivity index (χ4v) is 3.54. The fourth-order valence-electron chi connectivity index (χ4n) is 3.54. The van der Waals surface area contributed by atoms with Crippen molar-refractivity contribution in [1.82, 2.24) is 9.80 Å². The van der Waals surface area contributed by atoms with Crippen LogP contribution < -0.4 is 4.74 Å². The molecule has 0 aliphatic carbocycles. The van der Waals surface area contributed by atoms with Crippen LogP contribution in [0.4, 0.5) is 0 Å². The summed E-state index contributed by atoms with van der Waals surface area (Å²) in [5.74, 6) is 0.721. The number of nitrogens with zero attached hydrogens (tertiary/aromatic N) is 2. The predicted octanol–water partition coefficient (Wildman–Crippen LogP) is 4.81. The molecule has 29 heavy (non-hydrogen) atoms. The molecular weight excluding hydrogens is 360 g/mol. The molecule has 0 saturated heterocycles. The number of carbonyl (C=O) groups excluding carboxylic acids is 1. The summed E-state index contributed by atoms with van der Waals surface area (Å²) in [5, 5.41) is 2.27. The standard InChI is InChI=1S/C25H30N2O2/c1-6-22(25(28)27(4)5)29-23-16-15-19-9-7-8-10-21(19)24(23)20-13-11-18(12-14-20)17-26(2)3/h7-16,22H,6,17H2,1-5H3. The van der Waals surface area contributed by atoms with Crippen molar-refractivity contribution in [3.63, 3.8) is 0 Å². The highest BCUT2D eigenvalue weighted by Gasteiger charge is 2.22. The fraction of sp³-hybridized carbons (Fsp3) is 0.320. The van der Waals surface area contributed by atoms with E-state index in [1.54, 1.807) is 19.0 Å². The first-order valence-corrected chi connectivity index (χ1v) is 10.0. The molecule has 0 heterocycles. The van der Waals surface area contributed by atoms with E-state index in [1.807, 2.05) is 25.1 Å². The molecule has 0 spiro atoms. The van der Waals surface area contributed by atoms with Gasteiger partial charge in [0.05, 0.1) is 0 Å². The molecule has 0 N–H and O–H groups in total. The monoisotopic (exact) mass is 390 g/mol. The topological polar surface area (TPSA) is 32.8 Å². The van der Waals surface area contributed by atoms with E-state index in [1.165, 1.54) is 5.56 Å². The van der Waals surface area contributed by atoms with Crippen LogP contribution in [0.25, 0.3) is 21.9 Å². The minimum Gasteiger partial charge on any atom is -0.480 e. The zero-order valence-electron chi connectivity index (χ0n) is 18.0. The molecule has 3 aromatic carbocycles. The van der Waals surface area contributed by atoms with Gasteiger partial charge in [-0.05, 0) is 48.5 Å². The minimum atomic E-state index is -0.502. The van der Waals surface area contributed by atoms with E-state index in [4.69, 9.17) is 4.74 Å². The van der Waals surface area contributed by atoms with Gasteiger partial charge in [0, 0.05) is 26.2 Å². The molecule has 1 atom stereocenters. The van der Waals surface area contributed by atoms with Gasteiger partial charge in [-0.3, -0.25) is 4.79 Å². The van der Waals surface area contributed by atoms with Crippen LogP contribution in [-0.2, 0) is 11.3 Å². The van der Waals surface area contributed by atoms with Crippen molar-refractivity contribution in [1.29, 1.82) is 0 Å². The molecule has 152 valence electrons. The first-order valence-electron chi connectivity index (χ1n) is 10.0. The maximum Gasteiger partial charge on any atom is 0.263 e. The Labute approximate surface area is 173 Å². The lowest BCUT2D eigenvalue weighted by Crippen LogP contribution is -2.37. The molecule has 0 aliphatic rings. The van der Waals surface area contributed by atoms with Crippen LogP contribution in [0.15, 0.2) is 60.7 Å². The van der Waals surface area contributed by atoms with E-state index in [-0.39, 0.29) is 5.91 Å². The lowest BCUT2D eigenvalue weighted by Gasteiger charge is -2.23. The maximum absolute atomic E-state index is 12.5. The summed E-state index contributed by atoms with van der Waals surface area (Å²) in [6.07, 6.45) is 0.114. The van der Waals surface area contributed by atoms with Crippen LogP contribution in [0.2, 0.25) is 0 Å². The molecule has 4 heteroatoms. The molecule has 3 rings (SSSR count). The highest BCUT2D eigenvalue weighted by Crippen LogP contribution is 2.38. The molecule has 4 nitrogen and oxygen atoms in total. The highest BCUT2D eigenvalue weighted by atomic mass is 16.5. The van der Waals surface area contributed by atoms with Crippen LogP contribution >= 0.6 is 0 Å². The average molecular weight is 391 g/mol. The molecule has 0 aromatic heterocycles. The maximum atomic E-state index is 12.5. The number of rotatable bonds is 7. The van der Waals surface area contributed by atoms with Gasteiger partial charge in [-0.2, -0.15) is 0 Å². The van der Waals surface area contributed by atoms with Gasteiger partial charge in [0.2, 0.25) is 0 Å². The van der Waals surface area contributed by atoms with E-state index in [9.17, 15) is 4.79 Å². The number of hydrogen-bond acceptors (Lipinski definition) is 3. The Balaban J connectivity index is 2.08. The Bertz CT molecular complexity index is 978. The molecular formula is C25H30N2O2. The number of benzene rings is 3. The minimum absolute atomic E-state index is 0.0204. The third-order valence-electron chi connectivity index (χ3n) is 4.99. The quantitative estimate of drug-likeness (QED) is 0.580. The van der Waals surface area contributed by atoms with Crippen molar-refractivity contribution in [3.8, 4) is 16.9 Å². The third-order valence-corrected chi connectivity index (χ3v) is 4.99. The largest absolute Gasteiger partial charge is 0.480 e. The average Bonchev–Trinajstić information content (AvgIpc) is 2.71. The normalized spacial score (nSPS) is 12.2. The van der Waals surface area contributed by atoms with Crippen molar-refractivity contribution in [3.05, 3.63) is 66.2 Å². The second-order valence-corrected chi connectivity index (χ2v) is 7.84. The van der Waals surface area contributed by atoms with Crippen LogP contribution in [0, 0.1) is 0 Å². The summed E-state index contributed by atoms with van der Waals surface area (Å²) in [6.45, 7) is 2.87. The Morgan fingerprint density at radius 2 is 1.62 bits per heavy atom. The molecule has 0 aliphatic heterocycles. The van der Waals surface area contributed by atoms with E-state index in [2.05, 4.69) is 61.5 Å². The predicted molar refractivity (Wildman–Crippen MR) is 120 cm³/mol. The Hall–Kier alpha value is -2.85. The summed E-state index contributed by atoms with van der Waals surface area (Å²) < 4.78 is 6.28. The Kier molecular flexibility index (Phi) is 6.55. The van der Waals surface area contributed by atoms with Crippen LogP contribution in [0.5, 0.6) is 5.75 Å². The smallest absolute Gasteiger partial charge is 0.263 e. The second kappa shape index (κ2) is 9.10. The van der Waals surface area contributed by atoms with Crippen molar-refractivity contribution in [2.24, 2.45) is 0 Å². The van der Waals surface area contributed by atoms with E-state index < -0.39 is 6.10 Å². The van der Waals surface area contributed by atoms with E-state index >= 15 is 0 Å². The van der Waals surface area contributed by atoms with Crippen molar-refractivity contribution < 1.29 is 9.53 Å². The summed E-state index contributed by atoms with van der Waals surface area (Å²) in [5.41, 5.74) is 3.38. The zero-order chi connectivity index (χ0) is 21.0. The van der Waals surface area contributed by atoms with Crippen LogP contribution in [0.3, 0.4) is 0 Å². The number of hydrogen-bond donors (Lipinski definition) is 0. The number of carbonyl (C=O) groups is 1. The van der Waals surface area contributed by atoms with Crippen LogP contribution in [-0.4, -0.2) is 50.0 Å². The summed E-state index contributed by atoms with van der Waals surface area (Å²) >= 11 is 0. The number of fused-ring (bicyclic) bond motifs is 1.